The average Bonchev–Trinajstić information content (AvgIpc) is 2.79. The SMILES string of the molecule is CC[C@H]1O[C@@H](n2cc(Br)c(Cl)nc2=O)[C@@H](OC)C1OC(C)=O. The number of methoxy groups -OCH3 is 1. The molecule has 1 aromatic heterocycles. The molecule has 1 aromatic rings. The van der Waals surface area contributed by atoms with Gasteiger partial charge in [-0.15, -0.1) is 0 Å². The molecule has 1 aliphatic heterocycles. The molecule has 1 saturated heterocycles. The molecule has 0 radical (unpaired) electrons. The molecule has 2 heterocycles. The third kappa shape index (κ3) is 3.34. The van der Waals surface area contributed by atoms with Crippen LogP contribution in [0.1, 0.15) is 26.5 Å². The van der Waals surface area contributed by atoms with Crippen molar-refractivity contribution in [2.75, 3.05) is 7.11 Å². The first kappa shape index (κ1) is 17.4. The van der Waals surface area contributed by atoms with Crippen LogP contribution < -0.4 is 5.69 Å². The van der Waals surface area contributed by atoms with Gasteiger partial charge in [-0.3, -0.25) is 9.36 Å². The lowest BCUT2D eigenvalue weighted by Crippen LogP contribution is -2.39. The maximum atomic E-state index is 12.1. The highest BCUT2D eigenvalue weighted by molar-refractivity contribution is 9.10. The van der Waals surface area contributed by atoms with Crippen molar-refractivity contribution >= 4 is 33.5 Å². The van der Waals surface area contributed by atoms with Gasteiger partial charge in [0.1, 0.15) is 6.10 Å². The molecule has 0 saturated carbocycles. The average molecular weight is 396 g/mol. The van der Waals surface area contributed by atoms with E-state index in [-0.39, 0.29) is 11.3 Å². The molecule has 1 unspecified atom stereocenters. The second-order valence-electron chi connectivity index (χ2n) is 4.82. The Labute approximate surface area is 140 Å². The van der Waals surface area contributed by atoms with Crippen LogP contribution in [0, 0.1) is 0 Å². The number of nitrogens with zero attached hydrogens (tertiary/aromatic N) is 2. The van der Waals surface area contributed by atoms with E-state index in [2.05, 4.69) is 20.9 Å². The Hall–Kier alpha value is -0.960. The molecule has 0 amide bonds. The van der Waals surface area contributed by atoms with Crippen molar-refractivity contribution in [1.82, 2.24) is 9.55 Å². The predicted octanol–water partition coefficient (Wildman–Crippen LogP) is 1.91. The summed E-state index contributed by atoms with van der Waals surface area (Å²) in [6.45, 7) is 3.22. The molecule has 0 aliphatic carbocycles. The van der Waals surface area contributed by atoms with E-state index in [1.54, 1.807) is 0 Å². The quantitative estimate of drug-likeness (QED) is 0.572. The van der Waals surface area contributed by atoms with Crippen LogP contribution in [-0.4, -0.2) is 40.9 Å². The number of halogens is 2. The zero-order valence-electron chi connectivity index (χ0n) is 12.3. The van der Waals surface area contributed by atoms with Crippen LogP contribution in [0.15, 0.2) is 15.5 Å². The van der Waals surface area contributed by atoms with Crippen LogP contribution >= 0.6 is 27.5 Å². The number of hydrogen-bond acceptors (Lipinski definition) is 6. The van der Waals surface area contributed by atoms with E-state index in [1.807, 2.05) is 6.92 Å². The smallest absolute Gasteiger partial charge is 0.351 e. The fraction of sp³-hybridized carbons (Fsp3) is 0.615. The van der Waals surface area contributed by atoms with Crippen LogP contribution in [0.2, 0.25) is 5.15 Å². The Kier molecular flexibility index (Phi) is 5.60. The van der Waals surface area contributed by atoms with Gasteiger partial charge in [-0.2, -0.15) is 4.98 Å². The van der Waals surface area contributed by atoms with Crippen molar-refractivity contribution in [3.05, 3.63) is 26.3 Å². The topological polar surface area (TPSA) is 79.7 Å². The molecule has 0 aromatic carbocycles. The Balaban J connectivity index is 2.40. The summed E-state index contributed by atoms with van der Waals surface area (Å²) in [6.07, 6.45) is -0.268. The molecule has 4 atom stereocenters. The molecule has 9 heteroatoms. The van der Waals surface area contributed by atoms with Gasteiger partial charge in [-0.1, -0.05) is 18.5 Å². The molecule has 1 aliphatic rings. The minimum Gasteiger partial charge on any atom is -0.457 e. The van der Waals surface area contributed by atoms with Crippen LogP contribution in [-0.2, 0) is 19.0 Å². The van der Waals surface area contributed by atoms with Crippen LogP contribution in [0.4, 0.5) is 0 Å². The summed E-state index contributed by atoms with van der Waals surface area (Å²) < 4.78 is 18.3. The van der Waals surface area contributed by atoms with Crippen molar-refractivity contribution in [1.29, 1.82) is 0 Å². The van der Waals surface area contributed by atoms with E-state index in [0.29, 0.717) is 10.9 Å². The Bertz CT molecular complexity index is 623. The highest BCUT2D eigenvalue weighted by atomic mass is 79.9. The molecule has 22 heavy (non-hydrogen) atoms. The molecule has 7 nitrogen and oxygen atoms in total. The van der Waals surface area contributed by atoms with Gasteiger partial charge in [0, 0.05) is 20.2 Å². The maximum absolute atomic E-state index is 12.1. The Morgan fingerprint density at radius 3 is 2.77 bits per heavy atom. The number of carbonyl (C=O) groups is 1. The van der Waals surface area contributed by atoms with Gasteiger partial charge in [-0.25, -0.2) is 4.79 Å². The standard InChI is InChI=1S/C13H16BrClN2O5/c1-4-8-9(21-6(2)18)10(20-3)12(22-8)17-5-7(14)11(15)16-13(17)19/h5,8-10,12H,4H2,1-3H3/t8-,9?,10+,12-/m1/s1. The minimum atomic E-state index is -0.757. The second kappa shape index (κ2) is 7.08. The van der Waals surface area contributed by atoms with Crippen molar-refractivity contribution in [3.63, 3.8) is 0 Å². The molecule has 0 bridgehead atoms. The molecule has 2 rings (SSSR count). The predicted molar refractivity (Wildman–Crippen MR) is 81.8 cm³/mol. The summed E-state index contributed by atoms with van der Waals surface area (Å²) in [6, 6.07) is 0. The van der Waals surface area contributed by atoms with E-state index in [4.69, 9.17) is 25.8 Å². The first-order valence-electron chi connectivity index (χ1n) is 6.68. The number of hydrogen-bond donors (Lipinski definition) is 0. The van der Waals surface area contributed by atoms with Gasteiger partial charge < -0.3 is 14.2 Å². The highest BCUT2D eigenvalue weighted by Gasteiger charge is 2.47. The van der Waals surface area contributed by atoms with Crippen LogP contribution in [0.25, 0.3) is 0 Å². The summed E-state index contributed by atoms with van der Waals surface area (Å²) in [5.41, 5.74) is -0.571. The van der Waals surface area contributed by atoms with E-state index in [1.165, 1.54) is 24.8 Å². The fourth-order valence-electron chi connectivity index (χ4n) is 2.45. The number of rotatable bonds is 4. The second-order valence-corrected chi connectivity index (χ2v) is 6.03. The molecular weight excluding hydrogens is 380 g/mol. The van der Waals surface area contributed by atoms with E-state index in [9.17, 15) is 9.59 Å². The fourth-order valence-corrected chi connectivity index (χ4v) is 2.88. The lowest BCUT2D eigenvalue weighted by molar-refractivity contribution is -0.153. The van der Waals surface area contributed by atoms with E-state index in [0.717, 1.165) is 0 Å². The van der Waals surface area contributed by atoms with Gasteiger partial charge >= 0.3 is 11.7 Å². The Morgan fingerprint density at radius 1 is 1.55 bits per heavy atom. The van der Waals surface area contributed by atoms with Gasteiger partial charge in [0.15, 0.2) is 17.5 Å². The van der Waals surface area contributed by atoms with Gasteiger partial charge in [-0.05, 0) is 22.4 Å². The van der Waals surface area contributed by atoms with Gasteiger partial charge in [0.05, 0.1) is 10.6 Å². The Morgan fingerprint density at radius 2 is 2.23 bits per heavy atom. The first-order chi connectivity index (χ1) is 10.4. The zero-order valence-corrected chi connectivity index (χ0v) is 14.6. The summed E-state index contributed by atoms with van der Waals surface area (Å²) in [4.78, 5) is 27.1. The molecule has 0 N–H and O–H groups in total. The normalized spacial score (nSPS) is 27.9. The van der Waals surface area contributed by atoms with Crippen molar-refractivity contribution in [2.45, 2.75) is 44.8 Å². The van der Waals surface area contributed by atoms with Crippen molar-refractivity contribution in [3.8, 4) is 0 Å². The van der Waals surface area contributed by atoms with Crippen molar-refractivity contribution < 1.29 is 19.0 Å². The summed E-state index contributed by atoms with van der Waals surface area (Å²) in [7, 11) is 1.47. The van der Waals surface area contributed by atoms with E-state index >= 15 is 0 Å². The van der Waals surface area contributed by atoms with Gasteiger partial charge in [0.25, 0.3) is 0 Å². The van der Waals surface area contributed by atoms with E-state index < -0.39 is 30.1 Å². The maximum Gasteiger partial charge on any atom is 0.351 e. The number of esters is 1. The summed E-state index contributed by atoms with van der Waals surface area (Å²) >= 11 is 9.02. The van der Waals surface area contributed by atoms with Crippen molar-refractivity contribution in [2.24, 2.45) is 0 Å². The molecule has 0 spiro atoms. The molecule has 122 valence electrons. The van der Waals surface area contributed by atoms with Gasteiger partial charge in [0.2, 0.25) is 0 Å². The molecular formula is C13H16BrClN2O5. The third-order valence-electron chi connectivity index (χ3n) is 3.40. The largest absolute Gasteiger partial charge is 0.457 e. The highest BCUT2D eigenvalue weighted by Crippen LogP contribution is 2.34. The third-order valence-corrected chi connectivity index (χ3v) is 4.50. The number of ether oxygens (including phenoxy) is 3. The number of aromatic nitrogens is 2. The van der Waals surface area contributed by atoms with Crippen LogP contribution in [0.5, 0.6) is 0 Å². The first-order valence-corrected chi connectivity index (χ1v) is 7.85. The molecule has 1 fully saturated rings. The zero-order chi connectivity index (χ0) is 16.4. The number of carbonyl (C=O) groups excluding carboxylic acids is 1. The summed E-state index contributed by atoms with van der Waals surface area (Å²) in [5, 5.41) is 0.0665. The summed E-state index contributed by atoms with van der Waals surface area (Å²) in [5.74, 6) is -0.433. The van der Waals surface area contributed by atoms with Crippen LogP contribution in [0.3, 0.4) is 0 Å². The monoisotopic (exact) mass is 394 g/mol. The lowest BCUT2D eigenvalue weighted by atomic mass is 10.1. The minimum absolute atomic E-state index is 0.0665. The lowest BCUT2D eigenvalue weighted by Gasteiger charge is -2.22.